The molecule has 4 aliphatic rings. The zero-order valence-electron chi connectivity index (χ0n) is 20.1. The number of rotatable bonds is 5. The summed E-state index contributed by atoms with van der Waals surface area (Å²) in [7, 11) is -3.42. The van der Waals surface area contributed by atoms with Crippen LogP contribution in [-0.2, 0) is 19.7 Å². The first-order chi connectivity index (χ1) is 16.4. The lowest BCUT2D eigenvalue weighted by Gasteiger charge is -2.37. The third kappa shape index (κ3) is 5.03. The number of hydrogen-bond acceptors (Lipinski definition) is 7. The molecule has 10 nitrogen and oxygen atoms in total. The fourth-order valence-electron chi connectivity index (χ4n) is 5.67. The number of piperidine rings is 2. The van der Waals surface area contributed by atoms with Gasteiger partial charge in [-0.05, 0) is 50.9 Å². The minimum atomic E-state index is -3.42. The summed E-state index contributed by atoms with van der Waals surface area (Å²) in [5.74, 6) is 2.36. The fourth-order valence-corrected chi connectivity index (χ4v) is 7.34. The molecule has 4 saturated heterocycles. The molecule has 5 rings (SSSR count). The first-order valence-electron chi connectivity index (χ1n) is 12.9. The molecule has 34 heavy (non-hydrogen) atoms. The Kier molecular flexibility index (Phi) is 7.25. The summed E-state index contributed by atoms with van der Waals surface area (Å²) >= 11 is 0. The topological polar surface area (TPSA) is 109 Å². The van der Waals surface area contributed by atoms with Crippen LogP contribution in [0.1, 0.15) is 75.4 Å². The van der Waals surface area contributed by atoms with Gasteiger partial charge in [-0.1, -0.05) is 12.1 Å². The van der Waals surface area contributed by atoms with Crippen molar-refractivity contribution in [3.05, 3.63) is 11.7 Å². The second-order valence-corrected chi connectivity index (χ2v) is 12.3. The highest BCUT2D eigenvalue weighted by atomic mass is 32.2. The van der Waals surface area contributed by atoms with Crippen LogP contribution in [0.2, 0.25) is 0 Å². The number of carbonyl (C=O) groups is 1. The monoisotopic (exact) mass is 495 g/mol. The van der Waals surface area contributed by atoms with E-state index in [0.29, 0.717) is 69.8 Å². The Balaban J connectivity index is 1.12. The van der Waals surface area contributed by atoms with Gasteiger partial charge in [0.1, 0.15) is 0 Å². The maximum Gasteiger partial charge on any atom is 0.281 e. The van der Waals surface area contributed by atoms with Crippen LogP contribution in [-0.4, -0.2) is 90.5 Å². The zero-order valence-corrected chi connectivity index (χ0v) is 20.9. The Hall–Kier alpha value is -1.56. The van der Waals surface area contributed by atoms with Gasteiger partial charge < -0.3 is 14.2 Å². The summed E-state index contributed by atoms with van der Waals surface area (Å²) in [5.41, 5.74) is 0. The molecule has 0 spiro atoms. The van der Waals surface area contributed by atoms with Crippen LogP contribution in [0, 0.1) is 11.8 Å². The van der Waals surface area contributed by atoms with Gasteiger partial charge in [-0.2, -0.15) is 22.0 Å². The zero-order chi connectivity index (χ0) is 23.7. The quantitative estimate of drug-likeness (QED) is 0.614. The van der Waals surface area contributed by atoms with E-state index in [-0.39, 0.29) is 17.7 Å². The highest BCUT2D eigenvalue weighted by molar-refractivity contribution is 7.86. The average molecular weight is 496 g/mol. The smallest absolute Gasteiger partial charge is 0.281 e. The van der Waals surface area contributed by atoms with Gasteiger partial charge in [-0.3, -0.25) is 4.79 Å². The minimum absolute atomic E-state index is 0.0759. The van der Waals surface area contributed by atoms with Crippen molar-refractivity contribution in [3.63, 3.8) is 0 Å². The lowest BCUT2D eigenvalue weighted by Crippen LogP contribution is -2.50. The van der Waals surface area contributed by atoms with Crippen molar-refractivity contribution < 1.29 is 22.5 Å². The second kappa shape index (κ2) is 10.2. The van der Waals surface area contributed by atoms with E-state index < -0.39 is 10.2 Å². The molecule has 0 saturated carbocycles. The Labute approximate surface area is 202 Å². The second-order valence-electron chi connectivity index (χ2n) is 10.4. The molecule has 11 heteroatoms. The molecule has 0 bridgehead atoms. The van der Waals surface area contributed by atoms with Crippen molar-refractivity contribution in [1.82, 2.24) is 23.7 Å². The van der Waals surface area contributed by atoms with Crippen LogP contribution >= 0.6 is 0 Å². The van der Waals surface area contributed by atoms with Gasteiger partial charge in [-0.15, -0.1) is 0 Å². The Morgan fingerprint density at radius 2 is 1.53 bits per heavy atom. The van der Waals surface area contributed by atoms with E-state index in [1.54, 1.807) is 8.61 Å². The molecular weight excluding hydrogens is 458 g/mol. The summed E-state index contributed by atoms with van der Waals surface area (Å²) in [6.45, 7) is 6.96. The SMILES string of the molecule is CC1CCN(S(=O)(=O)N2CCC(C(=O)N3CC[C@H](c4nc(C5CCOCC5)no4)C3)CC2)CC1. The number of carbonyl (C=O) groups excluding carboxylic acids is 1. The maximum atomic E-state index is 13.2. The van der Waals surface area contributed by atoms with Gasteiger partial charge >= 0.3 is 0 Å². The number of nitrogens with zero attached hydrogens (tertiary/aromatic N) is 5. The van der Waals surface area contributed by atoms with Crippen LogP contribution in [0.15, 0.2) is 4.52 Å². The highest BCUT2D eigenvalue weighted by Gasteiger charge is 2.39. The number of amides is 1. The van der Waals surface area contributed by atoms with Crippen LogP contribution < -0.4 is 0 Å². The van der Waals surface area contributed by atoms with Gasteiger partial charge in [0.05, 0.1) is 5.92 Å². The summed E-state index contributed by atoms with van der Waals surface area (Å²) in [6, 6.07) is 0. The lowest BCUT2D eigenvalue weighted by atomic mass is 9.96. The lowest BCUT2D eigenvalue weighted by molar-refractivity contribution is -0.135. The first-order valence-corrected chi connectivity index (χ1v) is 14.3. The van der Waals surface area contributed by atoms with Crippen molar-refractivity contribution in [2.75, 3.05) is 52.5 Å². The maximum absolute atomic E-state index is 13.2. The molecule has 0 unspecified atom stereocenters. The normalized spacial score (nSPS) is 27.4. The van der Waals surface area contributed by atoms with Crippen LogP contribution in [0.25, 0.3) is 0 Å². The first kappa shape index (κ1) is 24.1. The Morgan fingerprint density at radius 3 is 2.21 bits per heavy atom. The molecule has 4 fully saturated rings. The predicted molar refractivity (Wildman–Crippen MR) is 124 cm³/mol. The van der Waals surface area contributed by atoms with Crippen molar-refractivity contribution in [2.45, 2.75) is 63.7 Å². The Bertz CT molecular complexity index is 947. The van der Waals surface area contributed by atoms with Gasteiger partial charge in [-0.25, -0.2) is 0 Å². The van der Waals surface area contributed by atoms with Crippen LogP contribution in [0.3, 0.4) is 0 Å². The van der Waals surface area contributed by atoms with Crippen molar-refractivity contribution in [2.24, 2.45) is 11.8 Å². The van der Waals surface area contributed by atoms with Crippen molar-refractivity contribution >= 4 is 16.1 Å². The Morgan fingerprint density at radius 1 is 0.882 bits per heavy atom. The largest absolute Gasteiger partial charge is 0.381 e. The molecule has 1 atom stereocenters. The molecule has 5 heterocycles. The number of aromatic nitrogens is 2. The summed E-state index contributed by atoms with van der Waals surface area (Å²) in [4.78, 5) is 19.8. The standard InChI is InChI=1S/C23H37N5O5S/c1-17-2-10-27(11-3-17)34(30,31)28-12-5-19(6-13-28)23(29)26-9-4-20(16-26)22-24-21(25-33-22)18-7-14-32-15-8-18/h17-20H,2-16H2,1H3/t20-/m0/s1. The molecule has 0 radical (unpaired) electrons. The highest BCUT2D eigenvalue weighted by Crippen LogP contribution is 2.32. The predicted octanol–water partition coefficient (Wildman–Crippen LogP) is 1.97. The summed E-state index contributed by atoms with van der Waals surface area (Å²) in [5, 5.41) is 4.21. The molecule has 0 N–H and O–H groups in total. The summed E-state index contributed by atoms with van der Waals surface area (Å²) < 4.78 is 40.2. The van der Waals surface area contributed by atoms with E-state index in [2.05, 4.69) is 17.1 Å². The van der Waals surface area contributed by atoms with E-state index in [9.17, 15) is 13.2 Å². The van der Waals surface area contributed by atoms with Gasteiger partial charge in [0.15, 0.2) is 5.82 Å². The van der Waals surface area contributed by atoms with Gasteiger partial charge in [0.25, 0.3) is 10.2 Å². The summed E-state index contributed by atoms with van der Waals surface area (Å²) in [6.07, 6.45) is 5.65. The van der Waals surface area contributed by atoms with E-state index in [0.717, 1.165) is 51.1 Å². The van der Waals surface area contributed by atoms with Crippen LogP contribution in [0.4, 0.5) is 0 Å². The van der Waals surface area contributed by atoms with Crippen molar-refractivity contribution in [3.8, 4) is 0 Å². The molecule has 0 aliphatic carbocycles. The molecule has 0 aromatic carbocycles. The van der Waals surface area contributed by atoms with E-state index >= 15 is 0 Å². The third-order valence-corrected chi connectivity index (χ3v) is 10.1. The minimum Gasteiger partial charge on any atom is -0.381 e. The molecular formula is C23H37N5O5S. The average Bonchev–Trinajstić information content (AvgIpc) is 3.55. The van der Waals surface area contributed by atoms with Gasteiger partial charge in [0.2, 0.25) is 11.8 Å². The number of ether oxygens (including phenoxy) is 1. The molecule has 1 aromatic rings. The number of likely N-dealkylation sites (tertiary alicyclic amines) is 1. The fraction of sp³-hybridized carbons (Fsp3) is 0.870. The molecule has 1 amide bonds. The molecule has 190 valence electrons. The molecule has 4 aliphatic heterocycles. The van der Waals surface area contributed by atoms with E-state index in [4.69, 9.17) is 9.26 Å². The van der Waals surface area contributed by atoms with Crippen LogP contribution in [0.5, 0.6) is 0 Å². The van der Waals surface area contributed by atoms with Crippen molar-refractivity contribution in [1.29, 1.82) is 0 Å². The number of hydrogen-bond donors (Lipinski definition) is 0. The third-order valence-electron chi connectivity index (χ3n) is 8.09. The van der Waals surface area contributed by atoms with E-state index in [1.807, 2.05) is 4.90 Å². The van der Waals surface area contributed by atoms with Gasteiger partial charge in [0, 0.05) is 64.3 Å². The van der Waals surface area contributed by atoms with E-state index in [1.165, 1.54) is 0 Å². The molecule has 1 aromatic heterocycles.